The SMILES string of the molecule is CCCCc1nc(-c2nc3c(c(=O)[nH]2)C(C)(C2=CC(F)C(F)C=C2)C(=O)N3)cn2ncnc12. The van der Waals surface area contributed by atoms with Gasteiger partial charge in [0, 0.05) is 0 Å². The molecule has 0 radical (unpaired) electrons. The maximum atomic E-state index is 14.0. The van der Waals surface area contributed by atoms with Gasteiger partial charge in [-0.1, -0.05) is 19.4 Å². The summed E-state index contributed by atoms with van der Waals surface area (Å²) in [6.45, 7) is 3.56. The van der Waals surface area contributed by atoms with Crippen molar-refractivity contribution in [2.24, 2.45) is 0 Å². The minimum atomic E-state index is -1.90. The fourth-order valence-corrected chi connectivity index (χ4v) is 4.24. The number of anilines is 1. The smallest absolute Gasteiger partial charge is 0.257 e. The molecule has 0 spiro atoms. The molecule has 170 valence electrons. The minimum absolute atomic E-state index is 0.0460. The molecule has 2 N–H and O–H groups in total. The summed E-state index contributed by atoms with van der Waals surface area (Å²) in [5.74, 6) is -0.334. The lowest BCUT2D eigenvalue weighted by Crippen LogP contribution is -2.38. The Morgan fingerprint density at radius 1 is 1.21 bits per heavy atom. The van der Waals surface area contributed by atoms with Crippen LogP contribution in [0.25, 0.3) is 17.2 Å². The molecule has 0 saturated carbocycles. The van der Waals surface area contributed by atoms with Crippen LogP contribution in [0.3, 0.4) is 0 Å². The molecule has 0 fully saturated rings. The van der Waals surface area contributed by atoms with Crippen molar-refractivity contribution in [1.29, 1.82) is 0 Å². The molecule has 3 aromatic rings. The molecule has 0 bridgehead atoms. The molecule has 11 heteroatoms. The van der Waals surface area contributed by atoms with Crippen LogP contribution in [-0.4, -0.2) is 47.8 Å². The number of nitrogens with one attached hydrogen (secondary N) is 2. The van der Waals surface area contributed by atoms with Crippen LogP contribution in [0.4, 0.5) is 14.6 Å². The van der Waals surface area contributed by atoms with Crippen LogP contribution in [0.15, 0.2) is 41.1 Å². The van der Waals surface area contributed by atoms with E-state index in [1.165, 1.54) is 19.3 Å². The van der Waals surface area contributed by atoms with E-state index in [2.05, 4.69) is 37.3 Å². The van der Waals surface area contributed by atoms with E-state index in [0.29, 0.717) is 17.8 Å². The number of carbonyl (C=O) groups is 1. The third-order valence-corrected chi connectivity index (χ3v) is 6.13. The molecule has 3 aromatic heterocycles. The molecule has 0 saturated heterocycles. The number of amides is 1. The van der Waals surface area contributed by atoms with Gasteiger partial charge >= 0.3 is 0 Å². The van der Waals surface area contributed by atoms with E-state index in [9.17, 15) is 18.4 Å². The Morgan fingerprint density at radius 3 is 2.79 bits per heavy atom. The maximum Gasteiger partial charge on any atom is 0.257 e. The quantitative estimate of drug-likeness (QED) is 0.613. The third-order valence-electron chi connectivity index (χ3n) is 6.13. The molecule has 1 aliphatic carbocycles. The standard InChI is InChI=1S/C22H21F2N7O2/c1-3-4-5-14-19-25-10-26-31(19)9-15(27-14)17-28-18-16(20(32)29-17)22(2,21(33)30-18)11-6-7-12(23)13(24)8-11/h6-10,12-13H,3-5H2,1-2H3,(H2,28,29,30,32,33). The lowest BCUT2D eigenvalue weighted by atomic mass is 9.75. The molecule has 1 aliphatic heterocycles. The number of hydrogen-bond donors (Lipinski definition) is 2. The number of rotatable bonds is 5. The number of hydrogen-bond acceptors (Lipinski definition) is 6. The average Bonchev–Trinajstić information content (AvgIpc) is 3.37. The minimum Gasteiger partial charge on any atom is -0.309 e. The Bertz CT molecular complexity index is 1390. The highest BCUT2D eigenvalue weighted by molar-refractivity contribution is 6.07. The second kappa shape index (κ2) is 7.68. The van der Waals surface area contributed by atoms with Crippen molar-refractivity contribution in [1.82, 2.24) is 29.5 Å². The average molecular weight is 453 g/mol. The maximum absolute atomic E-state index is 14.0. The summed E-state index contributed by atoms with van der Waals surface area (Å²) >= 11 is 0. The molecule has 5 rings (SSSR count). The second-order valence-electron chi connectivity index (χ2n) is 8.29. The van der Waals surface area contributed by atoms with Gasteiger partial charge in [-0.25, -0.2) is 28.2 Å². The lowest BCUT2D eigenvalue weighted by Gasteiger charge is -2.26. The van der Waals surface area contributed by atoms with Crippen molar-refractivity contribution in [2.75, 3.05) is 5.32 Å². The highest BCUT2D eigenvalue weighted by Crippen LogP contribution is 2.42. The summed E-state index contributed by atoms with van der Waals surface area (Å²) in [6, 6.07) is 0. The molecular formula is C22H21F2N7O2. The third kappa shape index (κ3) is 3.26. The molecule has 2 aliphatic rings. The van der Waals surface area contributed by atoms with Crippen molar-refractivity contribution in [2.45, 2.75) is 50.9 Å². The largest absolute Gasteiger partial charge is 0.309 e. The van der Waals surface area contributed by atoms with Crippen molar-refractivity contribution < 1.29 is 13.6 Å². The number of unbranched alkanes of at least 4 members (excludes halogenated alkanes) is 1. The summed E-state index contributed by atoms with van der Waals surface area (Å²) in [6.07, 6.45) is 5.29. The number of halogens is 2. The number of nitrogens with zero attached hydrogens (tertiary/aromatic N) is 5. The Labute approximate surface area is 186 Å². The first-order valence-corrected chi connectivity index (χ1v) is 10.7. The first-order valence-electron chi connectivity index (χ1n) is 10.7. The van der Waals surface area contributed by atoms with Gasteiger partial charge in [0.25, 0.3) is 5.56 Å². The molecule has 0 aromatic carbocycles. The number of fused-ring (bicyclic) bond motifs is 2. The first-order chi connectivity index (χ1) is 15.8. The van der Waals surface area contributed by atoms with E-state index >= 15 is 0 Å². The summed E-state index contributed by atoms with van der Waals surface area (Å²) in [5.41, 5.74) is -0.129. The molecular weight excluding hydrogens is 432 g/mol. The van der Waals surface area contributed by atoms with Gasteiger partial charge in [-0.3, -0.25) is 9.59 Å². The van der Waals surface area contributed by atoms with Gasteiger partial charge < -0.3 is 10.3 Å². The van der Waals surface area contributed by atoms with Gasteiger partial charge in [-0.2, -0.15) is 5.10 Å². The number of allylic oxidation sites excluding steroid dienone is 3. The summed E-state index contributed by atoms with van der Waals surface area (Å²) in [7, 11) is 0. The fourth-order valence-electron chi connectivity index (χ4n) is 4.24. The van der Waals surface area contributed by atoms with Gasteiger partial charge in [0.05, 0.1) is 17.5 Å². The van der Waals surface area contributed by atoms with Crippen LogP contribution < -0.4 is 10.9 Å². The van der Waals surface area contributed by atoms with Crippen molar-refractivity contribution in [3.8, 4) is 11.5 Å². The monoisotopic (exact) mass is 453 g/mol. The second-order valence-corrected chi connectivity index (χ2v) is 8.29. The molecule has 3 unspecified atom stereocenters. The van der Waals surface area contributed by atoms with E-state index in [4.69, 9.17) is 0 Å². The molecule has 9 nitrogen and oxygen atoms in total. The van der Waals surface area contributed by atoms with Gasteiger partial charge in [0.1, 0.15) is 23.3 Å². The Hall–Kier alpha value is -3.76. The Balaban J connectivity index is 1.62. The normalized spacial score (nSPS) is 24.1. The number of aromatic amines is 1. The zero-order valence-corrected chi connectivity index (χ0v) is 18.0. The van der Waals surface area contributed by atoms with Crippen LogP contribution in [0.2, 0.25) is 0 Å². The molecule has 3 atom stereocenters. The number of carbonyl (C=O) groups excluding carboxylic acids is 1. The zero-order chi connectivity index (χ0) is 23.3. The van der Waals surface area contributed by atoms with Crippen molar-refractivity contribution >= 4 is 17.4 Å². The highest BCUT2D eigenvalue weighted by atomic mass is 19.2. The van der Waals surface area contributed by atoms with E-state index in [-0.39, 0.29) is 22.8 Å². The number of H-pyrrole nitrogens is 1. The molecule has 33 heavy (non-hydrogen) atoms. The Morgan fingerprint density at radius 2 is 2.03 bits per heavy atom. The molecule has 4 heterocycles. The highest BCUT2D eigenvalue weighted by Gasteiger charge is 2.49. The number of aryl methyl sites for hydroxylation is 1. The van der Waals surface area contributed by atoms with Crippen LogP contribution in [0.5, 0.6) is 0 Å². The number of alkyl halides is 2. The predicted octanol–water partition coefficient (Wildman–Crippen LogP) is 2.60. The number of aromatic nitrogens is 6. The summed E-state index contributed by atoms with van der Waals surface area (Å²) in [4.78, 5) is 42.1. The predicted molar refractivity (Wildman–Crippen MR) is 116 cm³/mol. The van der Waals surface area contributed by atoms with Crippen molar-refractivity contribution in [3.05, 3.63) is 57.9 Å². The van der Waals surface area contributed by atoms with Gasteiger partial charge in [-0.05, 0) is 37.5 Å². The van der Waals surface area contributed by atoms with Crippen LogP contribution >= 0.6 is 0 Å². The molecule has 1 amide bonds. The van der Waals surface area contributed by atoms with Gasteiger partial charge in [0.2, 0.25) is 5.91 Å². The van der Waals surface area contributed by atoms with E-state index in [1.807, 2.05) is 0 Å². The van der Waals surface area contributed by atoms with E-state index in [1.54, 1.807) is 10.7 Å². The van der Waals surface area contributed by atoms with Crippen LogP contribution in [0, 0.1) is 0 Å². The zero-order valence-electron chi connectivity index (χ0n) is 18.0. The van der Waals surface area contributed by atoms with Gasteiger partial charge in [-0.15, -0.1) is 0 Å². The van der Waals surface area contributed by atoms with Gasteiger partial charge in [0.15, 0.2) is 23.8 Å². The Kier molecular flexibility index (Phi) is 4.91. The lowest BCUT2D eigenvalue weighted by molar-refractivity contribution is -0.119. The topological polar surface area (TPSA) is 118 Å². The summed E-state index contributed by atoms with van der Waals surface area (Å²) in [5, 5.41) is 6.79. The van der Waals surface area contributed by atoms with Crippen molar-refractivity contribution in [3.63, 3.8) is 0 Å². The van der Waals surface area contributed by atoms with Crippen LogP contribution in [-0.2, 0) is 16.6 Å². The summed E-state index contributed by atoms with van der Waals surface area (Å²) < 4.78 is 29.1. The van der Waals surface area contributed by atoms with Crippen LogP contribution in [0.1, 0.15) is 37.9 Å². The fraction of sp³-hybridized carbons (Fsp3) is 0.364. The van der Waals surface area contributed by atoms with E-state index < -0.39 is 29.2 Å². The first kappa shape index (κ1) is 21.1. The van der Waals surface area contributed by atoms with E-state index in [0.717, 1.165) is 30.7 Å².